The molecule has 3 rings (SSSR count). The number of aromatic nitrogens is 3. The Labute approximate surface area is 138 Å². The second kappa shape index (κ2) is 6.74. The number of carbonyl (C=O) groups excluding carboxylic acids is 2. The number of carbonyl (C=O) groups is 2. The van der Waals surface area contributed by atoms with Crippen molar-refractivity contribution in [1.29, 1.82) is 0 Å². The molecule has 1 aromatic carbocycles. The zero-order chi connectivity index (χ0) is 16.9. The lowest BCUT2D eigenvalue weighted by molar-refractivity contribution is 0.0961. The molecule has 0 bridgehead atoms. The van der Waals surface area contributed by atoms with Gasteiger partial charge in [0.25, 0.3) is 11.8 Å². The number of anilines is 1. The molecule has 3 aromatic rings. The summed E-state index contributed by atoms with van der Waals surface area (Å²) in [5, 5.41) is 5.30. The Morgan fingerprint density at radius 1 is 1.08 bits per heavy atom. The lowest BCUT2D eigenvalue weighted by atomic mass is 10.2. The summed E-state index contributed by atoms with van der Waals surface area (Å²) in [6.07, 6.45) is 6.55. The van der Waals surface area contributed by atoms with Crippen LogP contribution in [0.5, 0.6) is 0 Å². The fourth-order valence-electron chi connectivity index (χ4n) is 2.15. The van der Waals surface area contributed by atoms with E-state index in [1.165, 1.54) is 6.20 Å². The van der Waals surface area contributed by atoms with Crippen molar-refractivity contribution >= 4 is 17.5 Å². The minimum atomic E-state index is -0.297. The Balaban J connectivity index is 1.74. The Hall–Kier alpha value is -3.48. The SMILES string of the molecule is CNC(=O)c1cccc(NC(=O)c2ccc(-n3ccnc3)nc2)c1. The molecule has 7 nitrogen and oxygen atoms in total. The first-order valence-electron chi connectivity index (χ1n) is 7.25. The third kappa shape index (κ3) is 3.30. The monoisotopic (exact) mass is 321 g/mol. The first-order valence-corrected chi connectivity index (χ1v) is 7.25. The van der Waals surface area contributed by atoms with Gasteiger partial charge in [0.2, 0.25) is 0 Å². The van der Waals surface area contributed by atoms with E-state index in [0.29, 0.717) is 22.6 Å². The van der Waals surface area contributed by atoms with Gasteiger partial charge in [-0.15, -0.1) is 0 Å². The van der Waals surface area contributed by atoms with Crippen LogP contribution in [0.2, 0.25) is 0 Å². The first kappa shape index (κ1) is 15.4. The van der Waals surface area contributed by atoms with Crippen molar-refractivity contribution in [3.8, 4) is 5.82 Å². The van der Waals surface area contributed by atoms with Gasteiger partial charge in [0, 0.05) is 36.9 Å². The molecule has 0 saturated carbocycles. The number of rotatable bonds is 4. The van der Waals surface area contributed by atoms with Gasteiger partial charge in [-0.05, 0) is 30.3 Å². The van der Waals surface area contributed by atoms with Crippen LogP contribution >= 0.6 is 0 Å². The van der Waals surface area contributed by atoms with Crippen molar-refractivity contribution < 1.29 is 9.59 Å². The zero-order valence-electron chi connectivity index (χ0n) is 12.9. The van der Waals surface area contributed by atoms with Gasteiger partial charge in [0.05, 0.1) is 5.56 Å². The second-order valence-electron chi connectivity index (χ2n) is 4.99. The Kier molecular flexibility index (Phi) is 4.33. The maximum absolute atomic E-state index is 12.3. The summed E-state index contributed by atoms with van der Waals surface area (Å²) in [4.78, 5) is 32.1. The Morgan fingerprint density at radius 2 is 1.96 bits per heavy atom. The highest BCUT2D eigenvalue weighted by Crippen LogP contribution is 2.13. The van der Waals surface area contributed by atoms with Crippen LogP contribution in [0, 0.1) is 0 Å². The molecule has 24 heavy (non-hydrogen) atoms. The summed E-state index contributed by atoms with van der Waals surface area (Å²) in [5.41, 5.74) is 1.44. The van der Waals surface area contributed by atoms with E-state index in [4.69, 9.17) is 0 Å². The predicted molar refractivity (Wildman–Crippen MR) is 89.1 cm³/mol. The van der Waals surface area contributed by atoms with E-state index in [9.17, 15) is 9.59 Å². The van der Waals surface area contributed by atoms with Crippen molar-refractivity contribution in [3.63, 3.8) is 0 Å². The number of imidazole rings is 1. The molecule has 0 aliphatic rings. The van der Waals surface area contributed by atoms with Crippen LogP contribution in [0.25, 0.3) is 5.82 Å². The number of pyridine rings is 1. The molecule has 0 atom stereocenters. The summed E-state index contributed by atoms with van der Waals surface area (Å²) >= 11 is 0. The standard InChI is InChI=1S/C17H15N5O2/c1-18-16(23)12-3-2-4-14(9-12)21-17(24)13-5-6-15(20-10-13)22-8-7-19-11-22/h2-11H,1H3,(H,18,23)(H,21,24). The number of benzene rings is 1. The summed E-state index contributed by atoms with van der Waals surface area (Å²) < 4.78 is 1.74. The second-order valence-corrected chi connectivity index (χ2v) is 4.99. The van der Waals surface area contributed by atoms with E-state index in [2.05, 4.69) is 20.6 Å². The third-order valence-electron chi connectivity index (χ3n) is 3.39. The van der Waals surface area contributed by atoms with Gasteiger partial charge in [0.1, 0.15) is 12.1 Å². The molecular weight excluding hydrogens is 306 g/mol. The molecule has 7 heteroatoms. The fraction of sp³-hybridized carbons (Fsp3) is 0.0588. The fourth-order valence-corrected chi connectivity index (χ4v) is 2.15. The lowest BCUT2D eigenvalue weighted by Crippen LogP contribution is -2.18. The van der Waals surface area contributed by atoms with Gasteiger partial charge >= 0.3 is 0 Å². The molecule has 2 N–H and O–H groups in total. The molecular formula is C17H15N5O2. The number of nitrogens with one attached hydrogen (secondary N) is 2. The largest absolute Gasteiger partial charge is 0.355 e. The normalized spacial score (nSPS) is 10.2. The van der Waals surface area contributed by atoms with Crippen LogP contribution in [0.3, 0.4) is 0 Å². The van der Waals surface area contributed by atoms with Gasteiger partial charge in [-0.2, -0.15) is 0 Å². The van der Waals surface area contributed by atoms with Gasteiger partial charge in [-0.1, -0.05) is 6.07 Å². The molecule has 0 aliphatic carbocycles. The van der Waals surface area contributed by atoms with E-state index >= 15 is 0 Å². The highest BCUT2D eigenvalue weighted by molar-refractivity contribution is 6.05. The maximum atomic E-state index is 12.3. The Morgan fingerprint density at radius 3 is 2.62 bits per heavy atom. The van der Waals surface area contributed by atoms with Crippen LogP contribution in [0.15, 0.2) is 61.3 Å². The Bertz CT molecular complexity index is 857. The van der Waals surface area contributed by atoms with Gasteiger partial charge in [-0.3, -0.25) is 14.2 Å². The van der Waals surface area contributed by atoms with Crippen LogP contribution in [0.4, 0.5) is 5.69 Å². The highest BCUT2D eigenvalue weighted by atomic mass is 16.2. The molecule has 2 heterocycles. The molecule has 0 unspecified atom stereocenters. The molecule has 0 radical (unpaired) electrons. The van der Waals surface area contributed by atoms with Crippen LogP contribution in [0.1, 0.15) is 20.7 Å². The molecule has 120 valence electrons. The zero-order valence-corrected chi connectivity index (χ0v) is 12.9. The van der Waals surface area contributed by atoms with E-state index in [0.717, 1.165) is 0 Å². The summed E-state index contributed by atoms with van der Waals surface area (Å²) in [6, 6.07) is 10.1. The minimum Gasteiger partial charge on any atom is -0.355 e. The van der Waals surface area contributed by atoms with Crippen molar-refractivity contribution in [1.82, 2.24) is 19.9 Å². The number of hydrogen-bond acceptors (Lipinski definition) is 4. The smallest absolute Gasteiger partial charge is 0.257 e. The number of nitrogens with zero attached hydrogens (tertiary/aromatic N) is 3. The van der Waals surface area contributed by atoms with Crippen molar-refractivity contribution in [2.45, 2.75) is 0 Å². The summed E-state index contributed by atoms with van der Waals surface area (Å²) in [5.74, 6) is 0.164. The number of amides is 2. The van der Waals surface area contributed by atoms with Crippen LogP contribution < -0.4 is 10.6 Å². The lowest BCUT2D eigenvalue weighted by Gasteiger charge is -2.07. The van der Waals surface area contributed by atoms with Crippen molar-refractivity contribution in [2.75, 3.05) is 12.4 Å². The van der Waals surface area contributed by atoms with Crippen molar-refractivity contribution in [2.24, 2.45) is 0 Å². The van der Waals surface area contributed by atoms with Gasteiger partial charge < -0.3 is 10.6 Å². The molecule has 0 spiro atoms. The molecule has 0 aliphatic heterocycles. The van der Waals surface area contributed by atoms with Gasteiger partial charge in [-0.25, -0.2) is 9.97 Å². The van der Waals surface area contributed by atoms with Crippen LogP contribution in [-0.4, -0.2) is 33.4 Å². The van der Waals surface area contributed by atoms with E-state index in [-0.39, 0.29) is 11.8 Å². The minimum absolute atomic E-state index is 0.211. The quantitative estimate of drug-likeness (QED) is 0.768. The maximum Gasteiger partial charge on any atom is 0.257 e. The molecule has 0 saturated heterocycles. The third-order valence-corrected chi connectivity index (χ3v) is 3.39. The topological polar surface area (TPSA) is 88.9 Å². The molecule has 2 aromatic heterocycles. The number of hydrogen-bond donors (Lipinski definition) is 2. The highest BCUT2D eigenvalue weighted by Gasteiger charge is 2.09. The summed E-state index contributed by atoms with van der Waals surface area (Å²) in [7, 11) is 1.56. The average molecular weight is 321 g/mol. The first-order chi connectivity index (χ1) is 11.7. The summed E-state index contributed by atoms with van der Waals surface area (Å²) in [6.45, 7) is 0. The molecule has 2 amide bonds. The van der Waals surface area contributed by atoms with Gasteiger partial charge in [0.15, 0.2) is 0 Å². The molecule has 0 fully saturated rings. The average Bonchev–Trinajstić information content (AvgIpc) is 3.16. The van der Waals surface area contributed by atoms with Crippen LogP contribution in [-0.2, 0) is 0 Å². The van der Waals surface area contributed by atoms with E-state index in [1.807, 2.05) is 0 Å². The van der Waals surface area contributed by atoms with Crippen molar-refractivity contribution in [3.05, 3.63) is 72.4 Å². The van der Waals surface area contributed by atoms with E-state index < -0.39 is 0 Å². The predicted octanol–water partition coefficient (Wildman–Crippen LogP) is 1.88. The van der Waals surface area contributed by atoms with E-state index in [1.54, 1.807) is 66.7 Å².